The summed E-state index contributed by atoms with van der Waals surface area (Å²) in [7, 11) is 0. The van der Waals surface area contributed by atoms with Crippen molar-refractivity contribution >= 4 is 22.9 Å². The average Bonchev–Trinajstić information content (AvgIpc) is 2.99. The van der Waals surface area contributed by atoms with E-state index in [0.29, 0.717) is 0 Å². The Morgan fingerprint density at radius 2 is 0.692 bits per heavy atom. The van der Waals surface area contributed by atoms with Crippen LogP contribution in [0.25, 0.3) is 11.1 Å². The lowest BCUT2D eigenvalue weighted by molar-refractivity contribution is -0.114. The van der Waals surface area contributed by atoms with Gasteiger partial charge in [-0.25, -0.2) is 0 Å². The van der Waals surface area contributed by atoms with Crippen molar-refractivity contribution in [2.24, 2.45) is 42.1 Å². The number of Topliss-reactive ketones (excluding diaryl/α,β-unsaturated/α-hetero) is 2. The largest absolute Gasteiger partial charge is 0.289 e. The molecule has 52 heavy (non-hydrogen) atoms. The maximum absolute atomic E-state index is 13.3. The van der Waals surface area contributed by atoms with E-state index in [-0.39, 0.29) is 33.2 Å². The zero-order chi connectivity index (χ0) is 39.1. The fourth-order valence-corrected chi connectivity index (χ4v) is 6.39. The van der Waals surface area contributed by atoms with Gasteiger partial charge in [-0.2, -0.15) is 20.5 Å². The topological polar surface area (TPSA) is 83.6 Å². The lowest BCUT2D eigenvalue weighted by atomic mass is 9.72. The molecule has 0 spiro atoms. The van der Waals surface area contributed by atoms with Crippen LogP contribution < -0.4 is 0 Å². The van der Waals surface area contributed by atoms with E-state index < -0.39 is 0 Å². The minimum atomic E-state index is -0.281. The quantitative estimate of drug-likeness (QED) is 0.291. The Morgan fingerprint density at radius 1 is 0.423 bits per heavy atom. The van der Waals surface area contributed by atoms with Crippen LogP contribution in [0.5, 0.6) is 0 Å². The first-order valence-electron chi connectivity index (χ1n) is 18.2. The molecule has 274 valence electrons. The fourth-order valence-electron chi connectivity index (χ4n) is 6.39. The molecule has 2 aromatic carbocycles. The molecule has 4 rings (SSSR count). The zero-order valence-corrected chi connectivity index (χ0v) is 34.4. The first-order valence-corrected chi connectivity index (χ1v) is 18.2. The molecule has 2 aliphatic carbocycles. The number of azo groups is 2. The van der Waals surface area contributed by atoms with Crippen LogP contribution in [0.2, 0.25) is 0 Å². The summed E-state index contributed by atoms with van der Waals surface area (Å²) in [5, 5.41) is 18.2. The van der Waals surface area contributed by atoms with Gasteiger partial charge in [0.15, 0.2) is 11.6 Å². The second-order valence-electron chi connectivity index (χ2n) is 18.5. The third-order valence-corrected chi connectivity index (χ3v) is 9.58. The third kappa shape index (κ3) is 9.07. The van der Waals surface area contributed by atoms with Crippen LogP contribution >= 0.6 is 0 Å². The Balaban J connectivity index is 1.63. The summed E-state index contributed by atoms with van der Waals surface area (Å²) in [4.78, 5) is 26.6. The van der Waals surface area contributed by atoms with Crippen molar-refractivity contribution in [3.05, 3.63) is 117 Å². The molecule has 6 nitrogen and oxygen atoms in total. The molecule has 0 saturated carbocycles. The maximum Gasteiger partial charge on any atom is 0.186 e. The predicted molar refractivity (Wildman–Crippen MR) is 216 cm³/mol. The number of hydrogen-bond donors (Lipinski definition) is 0. The highest BCUT2D eigenvalue weighted by Crippen LogP contribution is 2.41. The van der Waals surface area contributed by atoms with Gasteiger partial charge in [0.05, 0.1) is 23.8 Å². The van der Waals surface area contributed by atoms with Crippen LogP contribution in [0.3, 0.4) is 0 Å². The normalized spacial score (nSPS) is 16.4. The third-order valence-electron chi connectivity index (χ3n) is 9.58. The van der Waals surface area contributed by atoms with Gasteiger partial charge in [0.1, 0.15) is 0 Å². The summed E-state index contributed by atoms with van der Waals surface area (Å²) in [6.45, 7) is 33.1. The monoisotopic (exact) mass is 698 g/mol. The van der Waals surface area contributed by atoms with Crippen LogP contribution in [0.4, 0.5) is 11.4 Å². The standard InChI is InChI=1S/C46H58N4O2/c1-27-19-39(49-47-25-31-21-35(43(5,6)7)41(51)36(22-31)44(8,9)10)29(3)17-33(27)34-18-30(4)40(20-28(34)2)50-48-26-32-23-37(45(11,12)13)42(52)38(24-32)46(14,15)16/h17-26H,1-16H3/b49-47+,50-48+. The summed E-state index contributed by atoms with van der Waals surface area (Å²) < 4.78 is 0. The van der Waals surface area contributed by atoms with E-state index in [1.807, 2.05) is 24.3 Å². The average molecular weight is 699 g/mol. The summed E-state index contributed by atoms with van der Waals surface area (Å²) in [6, 6.07) is 8.49. The van der Waals surface area contributed by atoms with Crippen molar-refractivity contribution in [3.63, 3.8) is 0 Å². The highest BCUT2D eigenvalue weighted by Gasteiger charge is 2.35. The Labute approximate surface area is 312 Å². The SMILES string of the molecule is Cc1cc(-c2cc(C)c(/N=N/C=C3C=C(C(C)(C)C)C(=O)C(C(C)(C)C)=C3)cc2C)c(C)cc1/N=N/C=C1C=C(C(C)(C)C)C(=O)C(C(C)(C)C)=C1. The lowest BCUT2D eigenvalue weighted by Gasteiger charge is -2.31. The molecule has 0 radical (unpaired) electrons. The molecule has 6 heteroatoms. The molecular formula is C46H58N4O2. The van der Waals surface area contributed by atoms with E-state index in [9.17, 15) is 9.59 Å². The van der Waals surface area contributed by atoms with Gasteiger partial charge in [0.25, 0.3) is 0 Å². The predicted octanol–water partition coefficient (Wildman–Crippen LogP) is 13.6. The number of rotatable bonds is 5. The summed E-state index contributed by atoms with van der Waals surface area (Å²) in [6.07, 6.45) is 11.3. The van der Waals surface area contributed by atoms with Crippen molar-refractivity contribution < 1.29 is 9.59 Å². The molecule has 0 atom stereocenters. The Morgan fingerprint density at radius 3 is 0.942 bits per heavy atom. The van der Waals surface area contributed by atoms with Crippen molar-refractivity contribution in [1.29, 1.82) is 0 Å². The van der Waals surface area contributed by atoms with Gasteiger partial charge in [-0.3, -0.25) is 9.59 Å². The van der Waals surface area contributed by atoms with E-state index in [1.54, 1.807) is 12.4 Å². The van der Waals surface area contributed by atoms with Crippen LogP contribution in [0.15, 0.2) is 115 Å². The van der Waals surface area contributed by atoms with Gasteiger partial charge in [0, 0.05) is 22.3 Å². The minimum Gasteiger partial charge on any atom is -0.289 e. The molecule has 2 aromatic rings. The second kappa shape index (κ2) is 14.4. The molecule has 0 amide bonds. The Hall–Kier alpha value is -4.58. The number of aryl methyl sites for hydroxylation is 4. The molecular weight excluding hydrogens is 641 g/mol. The number of carbonyl (C=O) groups is 2. The van der Waals surface area contributed by atoms with E-state index in [2.05, 4.69) is 156 Å². The number of ketones is 2. The molecule has 0 saturated heterocycles. The smallest absolute Gasteiger partial charge is 0.186 e. The highest BCUT2D eigenvalue weighted by molar-refractivity contribution is 6.12. The molecule has 0 unspecified atom stereocenters. The maximum atomic E-state index is 13.3. The summed E-state index contributed by atoms with van der Waals surface area (Å²) in [5.74, 6) is 0.208. The van der Waals surface area contributed by atoms with Crippen molar-refractivity contribution in [1.82, 2.24) is 0 Å². The molecule has 0 fully saturated rings. The van der Waals surface area contributed by atoms with Crippen molar-refractivity contribution in [3.8, 4) is 11.1 Å². The molecule has 2 aliphatic rings. The first-order chi connectivity index (χ1) is 23.8. The number of carbonyl (C=O) groups excluding carboxylic acids is 2. The molecule has 0 heterocycles. The number of allylic oxidation sites excluding steroid dienone is 10. The Kier molecular flexibility index (Phi) is 11.2. The van der Waals surface area contributed by atoms with Gasteiger partial charge in [-0.15, -0.1) is 0 Å². The minimum absolute atomic E-state index is 0.104. The van der Waals surface area contributed by atoms with Crippen LogP contribution in [0.1, 0.15) is 105 Å². The van der Waals surface area contributed by atoms with E-state index >= 15 is 0 Å². The lowest BCUT2D eigenvalue weighted by Crippen LogP contribution is -2.27. The molecule has 0 aliphatic heterocycles. The molecule has 0 N–H and O–H groups in total. The van der Waals surface area contributed by atoms with Gasteiger partial charge < -0.3 is 0 Å². The number of benzene rings is 2. The van der Waals surface area contributed by atoms with Crippen LogP contribution in [0, 0.1) is 49.4 Å². The van der Waals surface area contributed by atoms with Crippen LogP contribution in [-0.4, -0.2) is 11.6 Å². The van der Waals surface area contributed by atoms with Crippen LogP contribution in [-0.2, 0) is 9.59 Å². The van der Waals surface area contributed by atoms with Crippen molar-refractivity contribution in [2.75, 3.05) is 0 Å². The van der Waals surface area contributed by atoms with Gasteiger partial charge in [-0.1, -0.05) is 83.1 Å². The van der Waals surface area contributed by atoms with E-state index in [0.717, 1.165) is 78.2 Å². The van der Waals surface area contributed by atoms with E-state index in [4.69, 9.17) is 0 Å². The zero-order valence-electron chi connectivity index (χ0n) is 34.4. The van der Waals surface area contributed by atoms with E-state index in [1.165, 1.54) is 0 Å². The molecule has 0 aromatic heterocycles. The Bertz CT molecular complexity index is 1840. The first kappa shape index (κ1) is 40.2. The van der Waals surface area contributed by atoms with Gasteiger partial charge >= 0.3 is 0 Å². The molecule has 0 bridgehead atoms. The van der Waals surface area contributed by atoms with Gasteiger partial charge in [-0.05, 0) is 142 Å². The summed E-state index contributed by atoms with van der Waals surface area (Å²) >= 11 is 0. The van der Waals surface area contributed by atoms with Crippen molar-refractivity contribution in [2.45, 2.75) is 111 Å². The fraction of sp³-hybridized carbons (Fsp3) is 0.435. The summed E-state index contributed by atoms with van der Waals surface area (Å²) in [5.41, 5.74) is 11.8. The highest BCUT2D eigenvalue weighted by atomic mass is 16.1. The number of nitrogens with zero attached hydrogens (tertiary/aromatic N) is 4. The number of hydrogen-bond acceptors (Lipinski definition) is 6. The van der Waals surface area contributed by atoms with Gasteiger partial charge in [0.2, 0.25) is 0 Å². The second-order valence-corrected chi connectivity index (χ2v) is 18.5.